The number of carbonyl (C=O) groups is 2. The summed E-state index contributed by atoms with van der Waals surface area (Å²) in [5, 5.41) is 18.2. The van der Waals surface area contributed by atoms with Crippen LogP contribution in [0.1, 0.15) is 10.5 Å². The lowest BCUT2D eigenvalue weighted by Crippen LogP contribution is -2.13. The van der Waals surface area contributed by atoms with Gasteiger partial charge in [-0.25, -0.2) is 4.68 Å². The number of carboxylic acids is 1. The van der Waals surface area contributed by atoms with Crippen molar-refractivity contribution in [3.63, 3.8) is 0 Å². The van der Waals surface area contributed by atoms with Crippen molar-refractivity contribution >= 4 is 17.7 Å². The molecule has 0 radical (unpaired) electrons. The predicted octanol–water partition coefficient (Wildman–Crippen LogP) is 0.0100. The smallest absolute Gasteiger partial charge is 0.325 e. The quantitative estimate of drug-likeness (QED) is 0.787. The van der Waals surface area contributed by atoms with E-state index in [1.54, 1.807) is 18.2 Å². The molecule has 0 atom stereocenters. The summed E-state index contributed by atoms with van der Waals surface area (Å²) >= 11 is 0. The molecule has 2 heterocycles. The number of carboxylic acid groups (broad SMARTS) is 1. The normalized spacial score (nSPS) is 10.0. The first-order chi connectivity index (χ1) is 8.65. The lowest BCUT2D eigenvalue weighted by Gasteiger charge is -1.99. The van der Waals surface area contributed by atoms with Crippen LogP contribution in [0.5, 0.6) is 0 Å². The summed E-state index contributed by atoms with van der Waals surface area (Å²) < 4.78 is 1.11. The molecule has 0 spiro atoms. The van der Waals surface area contributed by atoms with Crippen molar-refractivity contribution < 1.29 is 14.7 Å². The summed E-state index contributed by atoms with van der Waals surface area (Å²) in [5.74, 6) is -1.30. The Morgan fingerprint density at radius 3 is 2.89 bits per heavy atom. The van der Waals surface area contributed by atoms with E-state index in [4.69, 9.17) is 5.11 Å². The second-order valence-corrected chi connectivity index (χ2v) is 3.36. The number of rotatable bonds is 4. The second kappa shape index (κ2) is 5.04. The van der Waals surface area contributed by atoms with Crippen LogP contribution in [-0.2, 0) is 11.3 Å². The zero-order valence-electron chi connectivity index (χ0n) is 9.15. The van der Waals surface area contributed by atoms with Crippen LogP contribution in [0.2, 0.25) is 0 Å². The molecular weight excluding hydrogens is 238 g/mol. The van der Waals surface area contributed by atoms with Crippen LogP contribution < -0.4 is 5.32 Å². The summed E-state index contributed by atoms with van der Waals surface area (Å²) in [6.07, 6.45) is 2.82. The van der Waals surface area contributed by atoms with Crippen LogP contribution in [-0.4, -0.2) is 37.0 Å². The van der Waals surface area contributed by atoms with E-state index >= 15 is 0 Å². The number of carbonyl (C=O) groups excluding carboxylic acids is 1. The van der Waals surface area contributed by atoms with Crippen molar-refractivity contribution in [2.45, 2.75) is 6.54 Å². The standard InChI is InChI=1S/C10H9N5O3/c16-9(17)6-15-5-8(13-14-15)12-10(18)7-3-1-2-4-11-7/h1-5H,6H2,(H,12,18)(H,16,17). The molecule has 0 saturated carbocycles. The average molecular weight is 247 g/mol. The number of aliphatic carboxylic acids is 1. The van der Waals surface area contributed by atoms with Gasteiger partial charge in [-0.2, -0.15) is 0 Å². The number of amides is 1. The van der Waals surface area contributed by atoms with Gasteiger partial charge in [0.15, 0.2) is 5.82 Å². The summed E-state index contributed by atoms with van der Waals surface area (Å²) in [4.78, 5) is 26.0. The summed E-state index contributed by atoms with van der Waals surface area (Å²) in [7, 11) is 0. The van der Waals surface area contributed by atoms with Gasteiger partial charge in [-0.05, 0) is 12.1 Å². The Hall–Kier alpha value is -2.77. The Bertz CT molecular complexity index is 566. The summed E-state index contributed by atoms with van der Waals surface area (Å²) in [6, 6.07) is 4.93. The lowest BCUT2D eigenvalue weighted by molar-refractivity contribution is -0.137. The van der Waals surface area contributed by atoms with Gasteiger partial charge in [0.05, 0.1) is 6.20 Å². The molecule has 8 heteroatoms. The van der Waals surface area contributed by atoms with E-state index in [0.29, 0.717) is 0 Å². The highest BCUT2D eigenvalue weighted by Gasteiger charge is 2.10. The fourth-order valence-electron chi connectivity index (χ4n) is 1.25. The number of nitrogens with one attached hydrogen (secondary N) is 1. The zero-order valence-corrected chi connectivity index (χ0v) is 9.15. The Kier molecular flexibility index (Phi) is 3.28. The van der Waals surface area contributed by atoms with E-state index in [1.807, 2.05) is 0 Å². The minimum atomic E-state index is -1.04. The fourth-order valence-corrected chi connectivity index (χ4v) is 1.25. The van der Waals surface area contributed by atoms with E-state index in [-0.39, 0.29) is 18.1 Å². The molecule has 0 aliphatic heterocycles. The molecule has 2 aromatic heterocycles. The van der Waals surface area contributed by atoms with E-state index in [9.17, 15) is 9.59 Å². The van der Waals surface area contributed by atoms with E-state index < -0.39 is 11.9 Å². The number of nitrogens with zero attached hydrogens (tertiary/aromatic N) is 4. The molecule has 2 N–H and O–H groups in total. The maximum Gasteiger partial charge on any atom is 0.325 e. The van der Waals surface area contributed by atoms with Crippen LogP contribution in [0.15, 0.2) is 30.6 Å². The molecule has 18 heavy (non-hydrogen) atoms. The molecule has 8 nitrogen and oxygen atoms in total. The van der Waals surface area contributed by atoms with Gasteiger partial charge in [-0.1, -0.05) is 11.3 Å². The minimum absolute atomic E-state index is 0.173. The van der Waals surface area contributed by atoms with Crippen molar-refractivity contribution in [1.29, 1.82) is 0 Å². The van der Waals surface area contributed by atoms with Gasteiger partial charge in [0.2, 0.25) is 0 Å². The second-order valence-electron chi connectivity index (χ2n) is 3.36. The Labute approximate surface area is 101 Å². The maximum atomic E-state index is 11.7. The van der Waals surface area contributed by atoms with Crippen LogP contribution in [0.25, 0.3) is 0 Å². The SMILES string of the molecule is O=C(O)Cn1cc(NC(=O)c2ccccn2)nn1. The Balaban J connectivity index is 2.04. The molecule has 0 aliphatic rings. The van der Waals surface area contributed by atoms with Crippen molar-refractivity contribution in [3.05, 3.63) is 36.3 Å². The lowest BCUT2D eigenvalue weighted by atomic mass is 10.3. The van der Waals surface area contributed by atoms with E-state index in [2.05, 4.69) is 20.6 Å². The van der Waals surface area contributed by atoms with Crippen molar-refractivity contribution in [2.24, 2.45) is 0 Å². The molecule has 0 unspecified atom stereocenters. The summed E-state index contributed by atoms with van der Waals surface area (Å²) in [6.45, 7) is -0.313. The van der Waals surface area contributed by atoms with Gasteiger partial charge in [0.1, 0.15) is 12.2 Å². The highest BCUT2D eigenvalue weighted by Crippen LogP contribution is 2.03. The predicted molar refractivity (Wildman–Crippen MR) is 59.8 cm³/mol. The third-order valence-corrected chi connectivity index (χ3v) is 1.98. The first-order valence-corrected chi connectivity index (χ1v) is 4.99. The van der Waals surface area contributed by atoms with Crippen LogP contribution in [0.3, 0.4) is 0 Å². The molecule has 2 rings (SSSR count). The van der Waals surface area contributed by atoms with Gasteiger partial charge in [-0.15, -0.1) is 5.10 Å². The zero-order chi connectivity index (χ0) is 13.0. The number of anilines is 1. The van der Waals surface area contributed by atoms with Gasteiger partial charge in [-0.3, -0.25) is 14.6 Å². The number of hydrogen-bond acceptors (Lipinski definition) is 5. The first kappa shape index (κ1) is 11.7. The van der Waals surface area contributed by atoms with Gasteiger partial charge in [0.25, 0.3) is 5.91 Å². The maximum absolute atomic E-state index is 11.7. The van der Waals surface area contributed by atoms with Crippen molar-refractivity contribution in [3.8, 4) is 0 Å². The van der Waals surface area contributed by atoms with Crippen LogP contribution in [0.4, 0.5) is 5.82 Å². The topological polar surface area (TPSA) is 110 Å². The molecule has 0 aliphatic carbocycles. The molecule has 0 bridgehead atoms. The average Bonchev–Trinajstić information content (AvgIpc) is 2.76. The Morgan fingerprint density at radius 2 is 2.22 bits per heavy atom. The van der Waals surface area contributed by atoms with Crippen LogP contribution in [0, 0.1) is 0 Å². The van der Waals surface area contributed by atoms with Crippen LogP contribution >= 0.6 is 0 Å². The fraction of sp³-hybridized carbons (Fsp3) is 0.100. The Morgan fingerprint density at radius 1 is 1.39 bits per heavy atom. The molecule has 2 aromatic rings. The minimum Gasteiger partial charge on any atom is -0.480 e. The first-order valence-electron chi connectivity index (χ1n) is 4.99. The summed E-state index contributed by atoms with van der Waals surface area (Å²) in [5.41, 5.74) is 0.241. The number of hydrogen-bond donors (Lipinski definition) is 2. The molecule has 0 fully saturated rings. The monoisotopic (exact) mass is 247 g/mol. The third-order valence-electron chi connectivity index (χ3n) is 1.98. The molecule has 0 saturated heterocycles. The van der Waals surface area contributed by atoms with Crippen molar-refractivity contribution in [2.75, 3.05) is 5.32 Å². The molecular formula is C10H9N5O3. The van der Waals surface area contributed by atoms with Crippen molar-refractivity contribution in [1.82, 2.24) is 20.0 Å². The highest BCUT2D eigenvalue weighted by atomic mass is 16.4. The number of pyridine rings is 1. The molecule has 92 valence electrons. The largest absolute Gasteiger partial charge is 0.480 e. The van der Waals surface area contributed by atoms with E-state index in [0.717, 1.165) is 4.68 Å². The molecule has 1 amide bonds. The van der Waals surface area contributed by atoms with E-state index in [1.165, 1.54) is 12.4 Å². The van der Waals surface area contributed by atoms with Gasteiger partial charge < -0.3 is 10.4 Å². The van der Waals surface area contributed by atoms with Gasteiger partial charge >= 0.3 is 5.97 Å². The molecule has 0 aromatic carbocycles. The van der Waals surface area contributed by atoms with Gasteiger partial charge in [0, 0.05) is 6.20 Å². The number of aromatic nitrogens is 4. The highest BCUT2D eigenvalue weighted by molar-refractivity contribution is 6.02. The third kappa shape index (κ3) is 2.88.